The van der Waals surface area contributed by atoms with Crippen molar-refractivity contribution in [2.45, 2.75) is 4.75 Å². The van der Waals surface area contributed by atoms with E-state index in [0.717, 1.165) is 12.1 Å². The molecule has 0 aliphatic rings. The van der Waals surface area contributed by atoms with E-state index in [-0.39, 0.29) is 36.8 Å². The summed E-state index contributed by atoms with van der Waals surface area (Å²) in [5, 5.41) is 20.4. The monoisotopic (exact) mass is 492 g/mol. The lowest BCUT2D eigenvalue weighted by Crippen LogP contribution is -2.38. The first-order valence-corrected chi connectivity index (χ1v) is 10.8. The van der Waals surface area contributed by atoms with Gasteiger partial charge in [-0.3, -0.25) is 4.55 Å². The molecule has 152 valence electrons. The summed E-state index contributed by atoms with van der Waals surface area (Å²) >= 11 is 24.3. The van der Waals surface area contributed by atoms with E-state index < -0.39 is 26.4 Å². The Bertz CT molecular complexity index is 1210. The summed E-state index contributed by atoms with van der Waals surface area (Å²) < 4.78 is 33.9. The summed E-state index contributed by atoms with van der Waals surface area (Å²) in [4.78, 5) is 0. The molecule has 5 nitrogen and oxygen atoms in total. The van der Waals surface area contributed by atoms with Gasteiger partial charge in [0, 0.05) is 21.2 Å². The van der Waals surface area contributed by atoms with Gasteiger partial charge in [0.15, 0.2) is 4.75 Å². The maximum absolute atomic E-state index is 13.0. The van der Waals surface area contributed by atoms with Crippen LogP contribution in [0.4, 0.5) is 0 Å². The van der Waals surface area contributed by atoms with Gasteiger partial charge in [-0.05, 0) is 35.9 Å². The average Bonchev–Trinajstić information content (AvgIpc) is 2.62. The zero-order valence-corrected chi connectivity index (χ0v) is 18.1. The lowest BCUT2D eigenvalue weighted by Gasteiger charge is -2.34. The van der Waals surface area contributed by atoms with Gasteiger partial charge in [-0.2, -0.15) is 8.42 Å². The molecular formula is C19H12Cl4O5S. The van der Waals surface area contributed by atoms with E-state index in [0.29, 0.717) is 0 Å². The van der Waals surface area contributed by atoms with Gasteiger partial charge in [0.05, 0.1) is 10.0 Å². The van der Waals surface area contributed by atoms with Crippen molar-refractivity contribution < 1.29 is 23.2 Å². The van der Waals surface area contributed by atoms with Gasteiger partial charge in [-0.25, -0.2) is 0 Å². The third-order valence-electron chi connectivity index (χ3n) is 4.40. The minimum Gasteiger partial charge on any atom is -0.506 e. The molecule has 3 N–H and O–H groups in total. The van der Waals surface area contributed by atoms with E-state index in [1.165, 1.54) is 36.4 Å². The number of halogens is 4. The zero-order valence-electron chi connectivity index (χ0n) is 14.3. The third kappa shape index (κ3) is 3.65. The number of rotatable bonds is 4. The molecule has 3 aromatic carbocycles. The predicted octanol–water partition coefficient (Wildman–Crippen LogP) is 5.89. The smallest absolute Gasteiger partial charge is 0.283 e. The van der Waals surface area contributed by atoms with Crippen molar-refractivity contribution in [1.29, 1.82) is 0 Å². The molecule has 0 bridgehead atoms. The molecule has 0 heterocycles. The predicted molar refractivity (Wildman–Crippen MR) is 114 cm³/mol. The number of benzene rings is 3. The highest BCUT2D eigenvalue weighted by Gasteiger charge is 2.51. The molecule has 1 atom stereocenters. The van der Waals surface area contributed by atoms with Crippen LogP contribution in [-0.4, -0.2) is 23.2 Å². The Labute approximate surface area is 186 Å². The van der Waals surface area contributed by atoms with E-state index in [4.69, 9.17) is 46.4 Å². The van der Waals surface area contributed by atoms with Crippen LogP contribution in [-0.2, 0) is 14.9 Å². The van der Waals surface area contributed by atoms with Crippen LogP contribution in [0.5, 0.6) is 11.5 Å². The molecule has 0 aromatic heterocycles. The first-order chi connectivity index (χ1) is 13.5. The number of phenolic OH excluding ortho intramolecular Hbond substituents is 2. The van der Waals surface area contributed by atoms with E-state index in [1.54, 1.807) is 6.07 Å². The minimum atomic E-state index is -5.11. The van der Waals surface area contributed by atoms with Crippen molar-refractivity contribution in [2.24, 2.45) is 0 Å². The van der Waals surface area contributed by atoms with Crippen LogP contribution in [0, 0.1) is 0 Å². The van der Waals surface area contributed by atoms with Crippen molar-refractivity contribution in [3.63, 3.8) is 0 Å². The van der Waals surface area contributed by atoms with Gasteiger partial charge < -0.3 is 10.2 Å². The fraction of sp³-hybridized carbons (Fsp3) is 0.0526. The van der Waals surface area contributed by atoms with Crippen LogP contribution in [0.25, 0.3) is 0 Å². The van der Waals surface area contributed by atoms with E-state index in [1.807, 2.05) is 0 Å². The van der Waals surface area contributed by atoms with E-state index >= 15 is 0 Å². The molecule has 0 spiro atoms. The molecule has 10 heteroatoms. The molecule has 0 saturated carbocycles. The number of aromatic hydroxyl groups is 2. The molecule has 0 radical (unpaired) electrons. The van der Waals surface area contributed by atoms with Gasteiger partial charge in [0.2, 0.25) is 0 Å². The van der Waals surface area contributed by atoms with E-state index in [9.17, 15) is 23.2 Å². The Hall–Kier alpha value is -1.67. The molecule has 1 unspecified atom stereocenters. The lowest BCUT2D eigenvalue weighted by molar-refractivity contribution is 0.439. The molecular weight excluding hydrogens is 482 g/mol. The summed E-state index contributed by atoms with van der Waals surface area (Å²) in [6.07, 6.45) is 0. The lowest BCUT2D eigenvalue weighted by atomic mass is 9.83. The minimum absolute atomic E-state index is 0.000985. The SMILES string of the molecule is O=S(=O)(O)C(c1ccc(Cl)c(O)c1)(c1ccccc1Cl)c1cc(Cl)cc(Cl)c1O. The Morgan fingerprint density at radius 3 is 2.00 bits per heavy atom. The maximum atomic E-state index is 13.0. The van der Waals surface area contributed by atoms with Crippen molar-refractivity contribution in [2.75, 3.05) is 0 Å². The van der Waals surface area contributed by atoms with Crippen LogP contribution in [0.3, 0.4) is 0 Å². The van der Waals surface area contributed by atoms with Crippen molar-refractivity contribution in [1.82, 2.24) is 0 Å². The summed E-state index contributed by atoms with van der Waals surface area (Å²) in [5.41, 5.74) is -0.601. The summed E-state index contributed by atoms with van der Waals surface area (Å²) in [6.45, 7) is 0. The third-order valence-corrected chi connectivity index (χ3v) is 7.01. The second kappa shape index (κ2) is 7.87. The van der Waals surface area contributed by atoms with Gasteiger partial charge in [-0.15, -0.1) is 0 Å². The second-order valence-electron chi connectivity index (χ2n) is 6.09. The molecule has 3 aromatic rings. The van der Waals surface area contributed by atoms with Crippen LogP contribution in [0.15, 0.2) is 54.6 Å². The van der Waals surface area contributed by atoms with Gasteiger partial charge in [0.25, 0.3) is 10.1 Å². The Kier molecular flexibility index (Phi) is 5.98. The Morgan fingerprint density at radius 1 is 0.759 bits per heavy atom. The summed E-state index contributed by atoms with van der Waals surface area (Å²) in [6, 6.07) is 11.7. The van der Waals surface area contributed by atoms with E-state index in [2.05, 4.69) is 0 Å². The fourth-order valence-corrected chi connectivity index (χ4v) is 5.45. The quantitative estimate of drug-likeness (QED) is 0.311. The molecule has 0 aliphatic heterocycles. The van der Waals surface area contributed by atoms with Crippen molar-refractivity contribution >= 4 is 56.5 Å². The highest BCUT2D eigenvalue weighted by Crippen LogP contribution is 2.52. The normalized spacial score (nSPS) is 13.8. The largest absolute Gasteiger partial charge is 0.506 e. The standard InChI is InChI=1S/C19H12Cl4O5S/c20-11-8-13(18(25)16(23)9-11)19(29(26,27)28,12-3-1-2-4-14(12)21)10-5-6-15(22)17(24)7-10/h1-9,24-25H,(H,26,27,28). The molecule has 0 aliphatic carbocycles. The number of hydrogen-bond acceptors (Lipinski definition) is 4. The molecule has 0 saturated heterocycles. The summed E-state index contributed by atoms with van der Waals surface area (Å²) in [5.74, 6) is -1.08. The highest BCUT2D eigenvalue weighted by atomic mass is 35.5. The molecule has 0 amide bonds. The number of hydrogen-bond donors (Lipinski definition) is 3. The second-order valence-corrected chi connectivity index (χ2v) is 9.31. The highest BCUT2D eigenvalue weighted by molar-refractivity contribution is 7.87. The summed E-state index contributed by atoms with van der Waals surface area (Å²) in [7, 11) is -5.11. The van der Waals surface area contributed by atoms with Crippen LogP contribution >= 0.6 is 46.4 Å². The Morgan fingerprint density at radius 2 is 1.41 bits per heavy atom. The van der Waals surface area contributed by atoms with Crippen molar-refractivity contribution in [3.05, 3.63) is 91.4 Å². The van der Waals surface area contributed by atoms with Crippen LogP contribution in [0.1, 0.15) is 16.7 Å². The molecule has 3 rings (SSSR count). The molecule has 29 heavy (non-hydrogen) atoms. The Balaban J connectivity index is 2.63. The van der Waals surface area contributed by atoms with Crippen molar-refractivity contribution in [3.8, 4) is 11.5 Å². The van der Waals surface area contributed by atoms with Crippen LogP contribution in [0.2, 0.25) is 20.1 Å². The maximum Gasteiger partial charge on any atom is 0.283 e. The van der Waals surface area contributed by atoms with Gasteiger partial charge >= 0.3 is 0 Å². The first-order valence-electron chi connectivity index (χ1n) is 7.89. The first kappa shape index (κ1) is 22.0. The fourth-order valence-electron chi connectivity index (χ4n) is 3.20. The number of phenols is 2. The van der Waals surface area contributed by atoms with Gasteiger partial charge in [0.1, 0.15) is 11.5 Å². The topological polar surface area (TPSA) is 94.8 Å². The van der Waals surface area contributed by atoms with Gasteiger partial charge in [-0.1, -0.05) is 70.7 Å². The molecule has 0 fully saturated rings. The average molecular weight is 494 g/mol. The zero-order chi connectivity index (χ0) is 21.6. The van der Waals surface area contributed by atoms with Crippen LogP contribution < -0.4 is 0 Å².